The number of methoxy groups -OCH3 is 1. The molecule has 1 aromatic carbocycles. The van der Waals surface area contributed by atoms with E-state index in [4.69, 9.17) is 10.5 Å². The van der Waals surface area contributed by atoms with E-state index in [2.05, 4.69) is 6.58 Å². The summed E-state index contributed by atoms with van der Waals surface area (Å²) in [5, 5.41) is 9.30. The normalized spacial score (nSPS) is 11.3. The van der Waals surface area contributed by atoms with Gasteiger partial charge in [0.15, 0.2) is 11.5 Å². The number of hydrogen-bond acceptors (Lipinski definition) is 3. The van der Waals surface area contributed by atoms with Gasteiger partial charge in [0.05, 0.1) is 7.11 Å². The fourth-order valence-electron chi connectivity index (χ4n) is 1.04. The molecule has 0 radical (unpaired) electrons. The van der Waals surface area contributed by atoms with Crippen molar-refractivity contribution in [2.45, 2.75) is 6.04 Å². The minimum absolute atomic E-state index is 0. The van der Waals surface area contributed by atoms with E-state index in [1.165, 1.54) is 7.11 Å². The molecule has 0 heterocycles. The van der Waals surface area contributed by atoms with Gasteiger partial charge in [-0.15, -0.1) is 19.0 Å². The van der Waals surface area contributed by atoms with E-state index in [1.807, 2.05) is 0 Å². The molecule has 3 nitrogen and oxygen atoms in total. The lowest BCUT2D eigenvalue weighted by Crippen LogP contribution is -2.06. The van der Waals surface area contributed by atoms with Gasteiger partial charge in [-0.05, 0) is 17.7 Å². The first-order valence-electron chi connectivity index (χ1n) is 3.94. The van der Waals surface area contributed by atoms with Crippen LogP contribution in [-0.4, -0.2) is 12.2 Å². The number of phenols is 1. The average molecular weight is 216 g/mol. The van der Waals surface area contributed by atoms with Crippen molar-refractivity contribution in [2.75, 3.05) is 7.11 Å². The Labute approximate surface area is 89.6 Å². The molecule has 4 heteroatoms. The predicted molar refractivity (Wildman–Crippen MR) is 59.0 cm³/mol. The number of nitrogens with two attached hydrogens (primary N) is 1. The highest BCUT2D eigenvalue weighted by Gasteiger charge is 2.05. The zero-order valence-corrected chi connectivity index (χ0v) is 8.75. The highest BCUT2D eigenvalue weighted by atomic mass is 35.5. The van der Waals surface area contributed by atoms with Gasteiger partial charge in [-0.1, -0.05) is 12.1 Å². The largest absolute Gasteiger partial charge is 0.504 e. The van der Waals surface area contributed by atoms with Crippen molar-refractivity contribution in [3.05, 3.63) is 36.4 Å². The molecule has 0 unspecified atom stereocenters. The highest BCUT2D eigenvalue weighted by molar-refractivity contribution is 5.85. The van der Waals surface area contributed by atoms with Gasteiger partial charge in [0.1, 0.15) is 0 Å². The van der Waals surface area contributed by atoms with E-state index in [-0.39, 0.29) is 24.2 Å². The molecule has 0 aliphatic rings. The summed E-state index contributed by atoms with van der Waals surface area (Å²) in [5.74, 6) is 0.539. The number of halogens is 1. The summed E-state index contributed by atoms with van der Waals surface area (Å²) in [6, 6.07) is 4.76. The molecule has 0 aromatic heterocycles. The molecule has 3 N–H and O–H groups in total. The first kappa shape index (κ1) is 12.8. The summed E-state index contributed by atoms with van der Waals surface area (Å²) >= 11 is 0. The minimum Gasteiger partial charge on any atom is -0.504 e. The van der Waals surface area contributed by atoms with Crippen molar-refractivity contribution in [2.24, 2.45) is 5.73 Å². The van der Waals surface area contributed by atoms with Gasteiger partial charge in [-0.2, -0.15) is 0 Å². The Bertz CT molecular complexity index is 315. The SMILES string of the molecule is C=C[C@H](N)c1ccc(O)c(OC)c1.Cl. The first-order valence-corrected chi connectivity index (χ1v) is 3.94. The molecule has 0 fully saturated rings. The second kappa shape index (κ2) is 5.52. The van der Waals surface area contributed by atoms with Crippen molar-refractivity contribution >= 4 is 12.4 Å². The van der Waals surface area contributed by atoms with Crippen molar-refractivity contribution in [1.29, 1.82) is 0 Å². The quantitative estimate of drug-likeness (QED) is 0.759. The van der Waals surface area contributed by atoms with Gasteiger partial charge in [0.2, 0.25) is 0 Å². The van der Waals surface area contributed by atoms with Crippen LogP contribution in [-0.2, 0) is 0 Å². The Morgan fingerprint density at radius 2 is 2.21 bits per heavy atom. The maximum absolute atomic E-state index is 9.30. The van der Waals surface area contributed by atoms with Crippen molar-refractivity contribution in [1.82, 2.24) is 0 Å². The summed E-state index contributed by atoms with van der Waals surface area (Å²) in [4.78, 5) is 0. The first-order chi connectivity index (χ1) is 6.19. The van der Waals surface area contributed by atoms with E-state index in [0.29, 0.717) is 5.75 Å². The number of ether oxygens (including phenoxy) is 1. The number of rotatable bonds is 3. The van der Waals surface area contributed by atoms with Gasteiger partial charge in [0, 0.05) is 6.04 Å². The standard InChI is InChI=1S/C10H13NO2.ClH/c1-3-8(11)7-4-5-9(12)10(6-7)13-2;/h3-6,8,12H,1,11H2,2H3;1H/t8-;/m0./s1. The summed E-state index contributed by atoms with van der Waals surface area (Å²) in [7, 11) is 1.50. The lowest BCUT2D eigenvalue weighted by atomic mass is 10.1. The molecule has 0 saturated heterocycles. The van der Waals surface area contributed by atoms with Gasteiger partial charge in [0.25, 0.3) is 0 Å². The molecule has 1 rings (SSSR count). The Kier molecular flexibility index (Phi) is 5.05. The lowest BCUT2D eigenvalue weighted by Gasteiger charge is -2.09. The molecule has 0 saturated carbocycles. The Morgan fingerprint density at radius 3 is 2.71 bits per heavy atom. The molecule has 0 amide bonds. The van der Waals surface area contributed by atoms with Gasteiger partial charge < -0.3 is 15.6 Å². The van der Waals surface area contributed by atoms with Crippen LogP contribution in [0.4, 0.5) is 0 Å². The number of phenolic OH excluding ortho intramolecular Hbond substituents is 1. The van der Waals surface area contributed by atoms with Gasteiger partial charge >= 0.3 is 0 Å². The van der Waals surface area contributed by atoms with Crippen LogP contribution in [0.2, 0.25) is 0 Å². The van der Waals surface area contributed by atoms with E-state index < -0.39 is 0 Å². The Morgan fingerprint density at radius 1 is 1.57 bits per heavy atom. The fourth-order valence-corrected chi connectivity index (χ4v) is 1.04. The topological polar surface area (TPSA) is 55.5 Å². The summed E-state index contributed by atoms with van der Waals surface area (Å²) < 4.78 is 4.94. The summed E-state index contributed by atoms with van der Waals surface area (Å²) in [6.45, 7) is 3.59. The van der Waals surface area contributed by atoms with Crippen molar-refractivity contribution < 1.29 is 9.84 Å². The average Bonchev–Trinajstić information content (AvgIpc) is 2.17. The Hall–Kier alpha value is -1.19. The Balaban J connectivity index is 0.00000169. The second-order valence-corrected chi connectivity index (χ2v) is 2.69. The third-order valence-corrected chi connectivity index (χ3v) is 1.84. The molecule has 1 aromatic rings. The number of aromatic hydroxyl groups is 1. The highest BCUT2D eigenvalue weighted by Crippen LogP contribution is 2.28. The lowest BCUT2D eigenvalue weighted by molar-refractivity contribution is 0.373. The van der Waals surface area contributed by atoms with Crippen molar-refractivity contribution in [3.63, 3.8) is 0 Å². The third-order valence-electron chi connectivity index (χ3n) is 1.84. The van der Waals surface area contributed by atoms with Gasteiger partial charge in [-0.25, -0.2) is 0 Å². The third kappa shape index (κ3) is 2.65. The molecule has 0 spiro atoms. The van der Waals surface area contributed by atoms with Crippen LogP contribution in [0.5, 0.6) is 11.5 Å². The molecule has 1 atom stereocenters. The van der Waals surface area contributed by atoms with E-state index in [1.54, 1.807) is 24.3 Å². The van der Waals surface area contributed by atoms with Crippen LogP contribution in [0.3, 0.4) is 0 Å². The minimum atomic E-state index is -0.227. The summed E-state index contributed by atoms with van der Waals surface area (Å²) in [5.41, 5.74) is 6.58. The van der Waals surface area contributed by atoms with Crippen LogP contribution in [0, 0.1) is 0 Å². The fraction of sp³-hybridized carbons (Fsp3) is 0.200. The number of benzene rings is 1. The van der Waals surface area contributed by atoms with E-state index >= 15 is 0 Å². The molecular weight excluding hydrogens is 202 g/mol. The van der Waals surface area contributed by atoms with Crippen LogP contribution in [0.1, 0.15) is 11.6 Å². The molecular formula is C10H14ClNO2. The predicted octanol–water partition coefficient (Wildman–Crippen LogP) is 2.01. The molecule has 14 heavy (non-hydrogen) atoms. The monoisotopic (exact) mass is 215 g/mol. The van der Waals surface area contributed by atoms with E-state index in [0.717, 1.165) is 5.56 Å². The molecule has 0 bridgehead atoms. The van der Waals surface area contributed by atoms with Gasteiger partial charge in [-0.3, -0.25) is 0 Å². The maximum atomic E-state index is 9.30. The molecule has 78 valence electrons. The van der Waals surface area contributed by atoms with Crippen LogP contribution < -0.4 is 10.5 Å². The van der Waals surface area contributed by atoms with E-state index in [9.17, 15) is 5.11 Å². The maximum Gasteiger partial charge on any atom is 0.160 e. The van der Waals surface area contributed by atoms with Crippen LogP contribution >= 0.6 is 12.4 Å². The zero-order valence-electron chi connectivity index (χ0n) is 7.93. The van der Waals surface area contributed by atoms with Crippen LogP contribution in [0.25, 0.3) is 0 Å². The number of hydrogen-bond donors (Lipinski definition) is 2. The molecule has 0 aliphatic carbocycles. The molecule has 0 aliphatic heterocycles. The smallest absolute Gasteiger partial charge is 0.160 e. The summed E-state index contributed by atoms with van der Waals surface area (Å²) in [6.07, 6.45) is 1.63. The second-order valence-electron chi connectivity index (χ2n) is 2.69. The van der Waals surface area contributed by atoms with Crippen LogP contribution in [0.15, 0.2) is 30.9 Å². The zero-order chi connectivity index (χ0) is 9.84. The van der Waals surface area contributed by atoms with Crippen molar-refractivity contribution in [3.8, 4) is 11.5 Å².